The number of carbonyl (C=O) groups excluding carboxylic acids is 1. The van der Waals surface area contributed by atoms with Gasteiger partial charge in [0.1, 0.15) is 0 Å². The van der Waals surface area contributed by atoms with E-state index in [9.17, 15) is 4.79 Å². The Morgan fingerprint density at radius 2 is 2.47 bits per heavy atom. The van der Waals surface area contributed by atoms with E-state index in [2.05, 4.69) is 16.1 Å². The third-order valence-electron chi connectivity index (χ3n) is 1.88. The summed E-state index contributed by atoms with van der Waals surface area (Å²) < 4.78 is 1.59. The maximum absolute atomic E-state index is 10.8. The van der Waals surface area contributed by atoms with Crippen LogP contribution in [0.25, 0.3) is 0 Å². The zero-order valence-electron chi connectivity index (χ0n) is 7.92. The molecule has 0 fully saturated rings. The second-order valence-electron chi connectivity index (χ2n) is 3.05. The van der Waals surface area contributed by atoms with Crippen LogP contribution in [0.4, 0.5) is 0 Å². The van der Waals surface area contributed by atoms with Crippen LogP contribution in [0, 0.1) is 6.07 Å². The van der Waals surface area contributed by atoms with Crippen LogP contribution in [0.2, 0.25) is 0 Å². The van der Waals surface area contributed by atoms with Crippen molar-refractivity contribution in [3.8, 4) is 0 Å². The summed E-state index contributed by atoms with van der Waals surface area (Å²) in [5, 5.41) is 3.96. The SMILES string of the molecule is NC(=O)c1[c]cn(Cc2cccnc2)n1. The molecule has 0 aromatic carbocycles. The fourth-order valence-corrected chi connectivity index (χ4v) is 1.20. The summed E-state index contributed by atoms with van der Waals surface area (Å²) in [7, 11) is 0. The van der Waals surface area contributed by atoms with E-state index in [0.29, 0.717) is 6.54 Å². The van der Waals surface area contributed by atoms with Crippen LogP contribution >= 0.6 is 0 Å². The first-order valence-corrected chi connectivity index (χ1v) is 4.39. The first-order chi connectivity index (χ1) is 7.25. The summed E-state index contributed by atoms with van der Waals surface area (Å²) >= 11 is 0. The van der Waals surface area contributed by atoms with Crippen LogP contribution in [-0.4, -0.2) is 20.7 Å². The number of pyridine rings is 1. The van der Waals surface area contributed by atoms with Gasteiger partial charge in [0.25, 0.3) is 5.91 Å². The minimum absolute atomic E-state index is 0.152. The Labute approximate surface area is 86.5 Å². The molecule has 0 aliphatic rings. The quantitative estimate of drug-likeness (QED) is 0.772. The van der Waals surface area contributed by atoms with Crippen molar-refractivity contribution in [2.75, 3.05) is 0 Å². The van der Waals surface area contributed by atoms with Gasteiger partial charge in [-0.25, -0.2) is 0 Å². The molecule has 0 atom stereocenters. The first-order valence-electron chi connectivity index (χ1n) is 4.39. The summed E-state index contributed by atoms with van der Waals surface area (Å²) in [5.74, 6) is -0.570. The fourth-order valence-electron chi connectivity index (χ4n) is 1.20. The molecule has 5 heteroatoms. The molecule has 0 aliphatic heterocycles. The van der Waals surface area contributed by atoms with E-state index < -0.39 is 5.91 Å². The molecule has 5 nitrogen and oxygen atoms in total. The second-order valence-corrected chi connectivity index (χ2v) is 3.05. The molecule has 1 amide bonds. The zero-order chi connectivity index (χ0) is 10.7. The van der Waals surface area contributed by atoms with E-state index in [0.717, 1.165) is 5.56 Å². The van der Waals surface area contributed by atoms with Gasteiger partial charge in [-0.2, -0.15) is 5.10 Å². The lowest BCUT2D eigenvalue weighted by atomic mass is 10.3. The molecule has 2 rings (SSSR count). The van der Waals surface area contributed by atoms with Crippen LogP contribution in [-0.2, 0) is 6.54 Å². The summed E-state index contributed by atoms with van der Waals surface area (Å²) in [5.41, 5.74) is 6.22. The van der Waals surface area contributed by atoms with Gasteiger partial charge in [-0.05, 0) is 11.6 Å². The molecule has 0 unspecified atom stereocenters. The highest BCUT2D eigenvalue weighted by atomic mass is 16.1. The highest BCUT2D eigenvalue weighted by molar-refractivity contribution is 5.90. The van der Waals surface area contributed by atoms with Crippen LogP contribution in [0.5, 0.6) is 0 Å². The fraction of sp³-hybridized carbons (Fsp3) is 0.100. The van der Waals surface area contributed by atoms with Crippen molar-refractivity contribution in [2.24, 2.45) is 5.73 Å². The number of amides is 1. The van der Waals surface area contributed by atoms with Crippen LogP contribution < -0.4 is 5.73 Å². The molecular formula is C10H9N4O. The van der Waals surface area contributed by atoms with Gasteiger partial charge in [0.05, 0.1) is 6.54 Å². The van der Waals surface area contributed by atoms with E-state index in [1.807, 2.05) is 12.1 Å². The van der Waals surface area contributed by atoms with E-state index in [4.69, 9.17) is 5.73 Å². The number of hydrogen-bond acceptors (Lipinski definition) is 3. The van der Waals surface area contributed by atoms with Gasteiger partial charge in [-0.15, -0.1) is 0 Å². The third kappa shape index (κ3) is 2.19. The minimum Gasteiger partial charge on any atom is -0.364 e. The summed E-state index contributed by atoms with van der Waals surface area (Å²) in [4.78, 5) is 14.7. The van der Waals surface area contributed by atoms with Crippen LogP contribution in [0.15, 0.2) is 30.7 Å². The van der Waals surface area contributed by atoms with Crippen molar-refractivity contribution in [2.45, 2.75) is 6.54 Å². The standard InChI is InChI=1S/C10H9N4O/c11-10(15)9-3-5-14(13-9)7-8-2-1-4-12-6-8/h1-2,4-6H,7H2,(H2,11,15). The van der Waals surface area contributed by atoms with Gasteiger partial charge in [0.2, 0.25) is 0 Å². The molecule has 2 aromatic heterocycles. The van der Waals surface area contributed by atoms with Crippen molar-refractivity contribution < 1.29 is 4.79 Å². The smallest absolute Gasteiger partial charge is 0.269 e. The van der Waals surface area contributed by atoms with Crippen molar-refractivity contribution in [3.05, 3.63) is 48.0 Å². The normalized spacial score (nSPS) is 10.1. The van der Waals surface area contributed by atoms with Gasteiger partial charge in [-0.1, -0.05) is 6.07 Å². The number of carbonyl (C=O) groups is 1. The zero-order valence-corrected chi connectivity index (χ0v) is 7.92. The number of primary amides is 1. The molecule has 0 bridgehead atoms. The highest BCUT2D eigenvalue weighted by Gasteiger charge is 2.05. The Morgan fingerprint density at radius 1 is 1.60 bits per heavy atom. The first kappa shape index (κ1) is 9.39. The van der Waals surface area contributed by atoms with Gasteiger partial charge in [-0.3, -0.25) is 14.5 Å². The number of nitrogens with two attached hydrogens (primary N) is 1. The minimum atomic E-state index is -0.570. The van der Waals surface area contributed by atoms with Crippen LogP contribution in [0.1, 0.15) is 16.1 Å². The van der Waals surface area contributed by atoms with Gasteiger partial charge < -0.3 is 5.73 Å². The molecule has 2 heterocycles. The topological polar surface area (TPSA) is 73.8 Å². The molecule has 0 saturated heterocycles. The number of aromatic nitrogens is 3. The molecule has 0 spiro atoms. The Balaban J connectivity index is 2.15. The predicted molar refractivity (Wildman–Crippen MR) is 52.9 cm³/mol. The molecular weight excluding hydrogens is 192 g/mol. The highest BCUT2D eigenvalue weighted by Crippen LogP contribution is 2.00. The van der Waals surface area contributed by atoms with Crippen molar-refractivity contribution in [1.29, 1.82) is 0 Å². The molecule has 75 valence electrons. The number of nitrogens with zero attached hydrogens (tertiary/aromatic N) is 3. The largest absolute Gasteiger partial charge is 0.364 e. The molecule has 2 aromatic rings. The molecule has 1 radical (unpaired) electrons. The Morgan fingerprint density at radius 3 is 3.07 bits per heavy atom. The lowest BCUT2D eigenvalue weighted by Gasteiger charge is -1.99. The Bertz CT molecular complexity index is 463. The predicted octanol–water partition coefficient (Wildman–Crippen LogP) is 0.225. The van der Waals surface area contributed by atoms with Gasteiger partial charge in [0.15, 0.2) is 5.69 Å². The Hall–Kier alpha value is -2.17. The number of hydrogen-bond donors (Lipinski definition) is 1. The molecule has 15 heavy (non-hydrogen) atoms. The maximum Gasteiger partial charge on any atom is 0.269 e. The third-order valence-corrected chi connectivity index (χ3v) is 1.88. The monoisotopic (exact) mass is 201 g/mol. The average Bonchev–Trinajstić information content (AvgIpc) is 2.68. The molecule has 0 saturated carbocycles. The average molecular weight is 201 g/mol. The van der Waals surface area contributed by atoms with E-state index >= 15 is 0 Å². The molecule has 2 N–H and O–H groups in total. The molecule has 0 aliphatic carbocycles. The Kier molecular flexibility index (Phi) is 2.45. The lowest BCUT2D eigenvalue weighted by molar-refractivity contribution is 0.0994. The van der Waals surface area contributed by atoms with E-state index in [-0.39, 0.29) is 5.69 Å². The maximum atomic E-state index is 10.8. The van der Waals surface area contributed by atoms with Crippen molar-refractivity contribution in [1.82, 2.24) is 14.8 Å². The summed E-state index contributed by atoms with van der Waals surface area (Å²) in [6.45, 7) is 0.553. The lowest BCUT2D eigenvalue weighted by Crippen LogP contribution is -2.12. The van der Waals surface area contributed by atoms with Gasteiger partial charge >= 0.3 is 0 Å². The number of rotatable bonds is 3. The van der Waals surface area contributed by atoms with Crippen LogP contribution in [0.3, 0.4) is 0 Å². The van der Waals surface area contributed by atoms with E-state index in [1.165, 1.54) is 0 Å². The van der Waals surface area contributed by atoms with E-state index in [1.54, 1.807) is 23.3 Å². The van der Waals surface area contributed by atoms with Gasteiger partial charge in [0, 0.05) is 24.7 Å². The van der Waals surface area contributed by atoms with Crippen molar-refractivity contribution >= 4 is 5.91 Å². The summed E-state index contributed by atoms with van der Waals surface area (Å²) in [6, 6.07) is 6.46. The van der Waals surface area contributed by atoms with Crippen molar-refractivity contribution in [3.63, 3.8) is 0 Å². The summed E-state index contributed by atoms with van der Waals surface area (Å²) in [6.07, 6.45) is 5.03. The second kappa shape index (κ2) is 3.91.